The van der Waals surface area contributed by atoms with E-state index in [4.69, 9.17) is 18.9 Å². The lowest BCUT2D eigenvalue weighted by molar-refractivity contribution is -0.217. The highest BCUT2D eigenvalue weighted by molar-refractivity contribution is 5.81. The molecule has 0 aromatic carbocycles. The quantitative estimate of drug-likeness (QED) is 0.165. The van der Waals surface area contributed by atoms with Crippen LogP contribution in [0.2, 0.25) is 0 Å². The molecule has 9 heteroatoms. The van der Waals surface area contributed by atoms with Crippen LogP contribution in [0.3, 0.4) is 0 Å². The summed E-state index contributed by atoms with van der Waals surface area (Å²) in [5.41, 5.74) is -3.25. The number of esters is 2. The first-order valence-electron chi connectivity index (χ1n) is 19.6. The molecule has 0 unspecified atom stereocenters. The van der Waals surface area contributed by atoms with Gasteiger partial charge in [0.2, 0.25) is 0 Å². The molecule has 0 aromatic rings. The summed E-state index contributed by atoms with van der Waals surface area (Å²) in [5, 5.41) is 35.5. The Labute approximate surface area is 299 Å². The molecule has 4 heterocycles. The first-order valence-corrected chi connectivity index (χ1v) is 19.6. The molecule has 0 saturated carbocycles. The molecule has 4 aliphatic heterocycles. The number of fused-ring (bicyclic) bond motifs is 6. The van der Waals surface area contributed by atoms with Crippen LogP contribution < -0.4 is 0 Å². The summed E-state index contributed by atoms with van der Waals surface area (Å²) < 4.78 is 24.4. The Hall–Kier alpha value is -1.78. The third kappa shape index (κ3) is 7.64. The molecule has 6 rings (SSSR count). The predicted molar refractivity (Wildman–Crippen MR) is 189 cm³/mol. The van der Waals surface area contributed by atoms with Crippen LogP contribution in [-0.4, -0.2) is 79.7 Å². The van der Waals surface area contributed by atoms with E-state index in [0.29, 0.717) is 57.8 Å². The number of epoxide rings is 2. The van der Waals surface area contributed by atoms with E-state index in [-0.39, 0.29) is 48.1 Å². The molecule has 4 bridgehead atoms. The minimum atomic E-state index is -1.82. The second kappa shape index (κ2) is 13.6. The molecule has 4 fully saturated rings. The lowest BCUT2D eigenvalue weighted by atomic mass is 9.63. The highest BCUT2D eigenvalue weighted by Gasteiger charge is 2.60. The van der Waals surface area contributed by atoms with Gasteiger partial charge in [0.15, 0.2) is 5.60 Å². The molecule has 9 nitrogen and oxygen atoms in total. The largest absolute Gasteiger partial charge is 0.459 e. The van der Waals surface area contributed by atoms with E-state index < -0.39 is 46.3 Å². The van der Waals surface area contributed by atoms with E-state index in [0.717, 1.165) is 32.1 Å². The Morgan fingerprint density at radius 1 is 0.620 bits per heavy atom. The fraction of sp³-hybridized carbons (Fsp3) is 0.854. The summed E-state index contributed by atoms with van der Waals surface area (Å²) in [6.45, 7) is 13.9. The maximum Gasteiger partial charge on any atom is 0.338 e. The van der Waals surface area contributed by atoms with Gasteiger partial charge in [-0.1, -0.05) is 23.3 Å². The number of carbonyl (C=O) groups excluding carboxylic acids is 2. The summed E-state index contributed by atoms with van der Waals surface area (Å²) in [7, 11) is 0. The summed E-state index contributed by atoms with van der Waals surface area (Å²) in [6, 6.07) is 0. The van der Waals surface area contributed by atoms with Gasteiger partial charge < -0.3 is 34.3 Å². The average molecular weight is 701 g/mol. The summed E-state index contributed by atoms with van der Waals surface area (Å²) in [5.74, 6) is -1.72. The highest BCUT2D eigenvalue weighted by Crippen LogP contribution is 2.53. The van der Waals surface area contributed by atoms with Crippen LogP contribution in [0.15, 0.2) is 23.3 Å². The Balaban J connectivity index is 1.23. The molecule has 0 spiro atoms. The second-order valence-electron chi connectivity index (χ2n) is 18.4. The Morgan fingerprint density at radius 2 is 1.08 bits per heavy atom. The maximum atomic E-state index is 14.1. The van der Waals surface area contributed by atoms with Crippen molar-refractivity contribution in [1.29, 1.82) is 0 Å². The van der Waals surface area contributed by atoms with Crippen molar-refractivity contribution >= 4 is 11.9 Å². The number of allylic oxidation sites excluding steroid dienone is 4. The van der Waals surface area contributed by atoms with Crippen molar-refractivity contribution in [2.45, 2.75) is 204 Å². The van der Waals surface area contributed by atoms with Crippen molar-refractivity contribution in [3.8, 4) is 0 Å². The summed E-state index contributed by atoms with van der Waals surface area (Å²) in [6.07, 6.45) is 13.2. The van der Waals surface area contributed by atoms with Gasteiger partial charge in [-0.3, -0.25) is 4.79 Å². The van der Waals surface area contributed by atoms with Gasteiger partial charge in [0.05, 0.1) is 40.0 Å². The predicted octanol–water partition coefficient (Wildman–Crippen LogP) is 6.79. The number of carbonyl (C=O) groups is 2. The van der Waals surface area contributed by atoms with Gasteiger partial charge in [-0.05, 0) is 157 Å². The lowest BCUT2D eigenvalue weighted by Crippen LogP contribution is -2.59. The van der Waals surface area contributed by atoms with Gasteiger partial charge in [-0.25, -0.2) is 4.79 Å². The molecule has 12 atom stereocenters. The van der Waals surface area contributed by atoms with Gasteiger partial charge in [-0.15, -0.1) is 0 Å². The Morgan fingerprint density at radius 3 is 1.60 bits per heavy atom. The normalized spacial score (nSPS) is 51.1. The van der Waals surface area contributed by atoms with E-state index in [1.165, 1.54) is 11.1 Å². The van der Waals surface area contributed by atoms with Crippen LogP contribution >= 0.6 is 0 Å². The standard InChI is InChI=1S/C41H64O9/c1-26-10-8-18-37(4,44)32-24-28(16-20-39(6)30(49-39)14-12-26)36(3,34(42)47-32)22-23-41(46)29-17-21-40(7)31(50-40)15-13-27(2)11-9-19-38(5,45)33(25-29)48-35(41)43/h10-11,28-33,44-46H,8-9,12-25H2,1-7H3/b26-10-,27-11-/t28-,29-,30+,31+,32+,33+,36-,37+,38+,39+,40+,41+/m1/s1. The van der Waals surface area contributed by atoms with E-state index in [2.05, 4.69) is 39.8 Å². The number of rotatable bonds is 3. The van der Waals surface area contributed by atoms with Gasteiger partial charge in [0.25, 0.3) is 0 Å². The van der Waals surface area contributed by atoms with Crippen LogP contribution in [0.4, 0.5) is 0 Å². The molecular weight excluding hydrogens is 636 g/mol. The van der Waals surface area contributed by atoms with E-state index >= 15 is 0 Å². The first kappa shape index (κ1) is 38.0. The molecule has 4 saturated heterocycles. The van der Waals surface area contributed by atoms with Crippen molar-refractivity contribution in [3.05, 3.63) is 23.3 Å². The monoisotopic (exact) mass is 700 g/mol. The van der Waals surface area contributed by atoms with E-state index in [9.17, 15) is 24.9 Å². The number of hydrogen-bond donors (Lipinski definition) is 3. The summed E-state index contributed by atoms with van der Waals surface area (Å²) in [4.78, 5) is 28.1. The van der Waals surface area contributed by atoms with Gasteiger partial charge in [-0.2, -0.15) is 0 Å². The Kier molecular flexibility index (Phi) is 10.3. The zero-order valence-corrected chi connectivity index (χ0v) is 31.7. The SMILES string of the molecule is C/C1=C/CC[C@](C)(O)[C@@H]2C[C@@H](CC[C@]3(C)O[C@H]3CC1)[C@@](C)(CC[C@@]1(O)C(=O)O[C@H]3C[C@H]1CC[C@]1(C)O[C@H]1CC/C(C)=C\CC[C@]3(C)O)C(=O)O2. The molecule has 50 heavy (non-hydrogen) atoms. The molecule has 2 aliphatic carbocycles. The fourth-order valence-corrected chi connectivity index (χ4v) is 9.65. The number of hydrogen-bond acceptors (Lipinski definition) is 9. The summed E-state index contributed by atoms with van der Waals surface area (Å²) >= 11 is 0. The average Bonchev–Trinajstić information content (AvgIpc) is 3.91. The van der Waals surface area contributed by atoms with Gasteiger partial charge >= 0.3 is 11.9 Å². The fourth-order valence-electron chi connectivity index (χ4n) is 9.65. The van der Waals surface area contributed by atoms with Gasteiger partial charge in [0.1, 0.15) is 12.2 Å². The zero-order chi connectivity index (χ0) is 36.3. The van der Waals surface area contributed by atoms with Crippen molar-refractivity contribution in [3.63, 3.8) is 0 Å². The minimum Gasteiger partial charge on any atom is -0.459 e. The van der Waals surface area contributed by atoms with Gasteiger partial charge in [0, 0.05) is 5.92 Å². The molecule has 0 aromatic heterocycles. The second-order valence-corrected chi connectivity index (χ2v) is 18.4. The molecule has 282 valence electrons. The van der Waals surface area contributed by atoms with Crippen molar-refractivity contribution in [2.24, 2.45) is 17.3 Å². The zero-order valence-electron chi connectivity index (χ0n) is 31.7. The van der Waals surface area contributed by atoms with E-state index in [1.54, 1.807) is 13.8 Å². The lowest BCUT2D eigenvalue weighted by Gasteiger charge is -2.49. The van der Waals surface area contributed by atoms with Crippen molar-refractivity contribution in [2.75, 3.05) is 0 Å². The highest BCUT2D eigenvalue weighted by atomic mass is 16.6. The molecule has 3 N–H and O–H groups in total. The maximum absolute atomic E-state index is 14.1. The molecule has 6 aliphatic rings. The third-order valence-corrected chi connectivity index (χ3v) is 14.2. The number of ether oxygens (including phenoxy) is 4. The van der Waals surface area contributed by atoms with Crippen LogP contribution in [0.5, 0.6) is 0 Å². The van der Waals surface area contributed by atoms with Crippen LogP contribution in [0.25, 0.3) is 0 Å². The minimum absolute atomic E-state index is 0.0396. The first-order chi connectivity index (χ1) is 23.3. The molecular formula is C41H64O9. The third-order valence-electron chi connectivity index (χ3n) is 14.2. The topological polar surface area (TPSA) is 138 Å². The number of aliphatic hydroxyl groups is 3. The van der Waals surface area contributed by atoms with Crippen molar-refractivity contribution < 1.29 is 43.9 Å². The van der Waals surface area contributed by atoms with Crippen molar-refractivity contribution in [1.82, 2.24) is 0 Å². The Bertz CT molecular complexity index is 1270. The van der Waals surface area contributed by atoms with E-state index in [1.807, 2.05) is 6.92 Å². The smallest absolute Gasteiger partial charge is 0.338 e. The molecule has 0 radical (unpaired) electrons. The van der Waals surface area contributed by atoms with Crippen LogP contribution in [0, 0.1) is 17.3 Å². The molecule has 0 amide bonds. The van der Waals surface area contributed by atoms with Crippen LogP contribution in [0.1, 0.15) is 151 Å². The van der Waals surface area contributed by atoms with Crippen LogP contribution in [-0.2, 0) is 28.5 Å².